The van der Waals surface area contributed by atoms with E-state index in [0.717, 1.165) is 0 Å². The lowest BCUT2D eigenvalue weighted by Crippen LogP contribution is -2.47. The van der Waals surface area contributed by atoms with E-state index >= 15 is 0 Å². The molecule has 160 valence electrons. The van der Waals surface area contributed by atoms with Crippen LogP contribution in [-0.4, -0.2) is 49.1 Å². The van der Waals surface area contributed by atoms with Crippen LogP contribution in [0.2, 0.25) is 10.0 Å². The Hall–Kier alpha value is -1.33. The predicted molar refractivity (Wildman–Crippen MR) is 114 cm³/mol. The minimum Gasteiger partial charge on any atom is -0.355 e. The number of aryl methyl sites for hydroxylation is 2. The summed E-state index contributed by atoms with van der Waals surface area (Å²) in [5.74, 6) is 1.23. The van der Waals surface area contributed by atoms with Gasteiger partial charge in [-0.05, 0) is 50.0 Å². The number of halogens is 2. The molecule has 0 radical (unpaired) electrons. The number of benzene rings is 1. The van der Waals surface area contributed by atoms with Gasteiger partial charge in [-0.2, -0.15) is 21.5 Å². The zero-order valence-corrected chi connectivity index (χ0v) is 19.1. The molecule has 0 aliphatic rings. The molecule has 1 unspecified atom stereocenters. The molecule has 8 nitrogen and oxygen atoms in total. The fourth-order valence-corrected chi connectivity index (χ4v) is 4.89. The van der Waals surface area contributed by atoms with E-state index in [1.54, 1.807) is 6.92 Å². The Morgan fingerprint density at radius 1 is 1.34 bits per heavy atom. The van der Waals surface area contributed by atoms with Crippen LogP contribution in [0.3, 0.4) is 0 Å². The van der Waals surface area contributed by atoms with Crippen LogP contribution in [-0.2, 0) is 21.2 Å². The third kappa shape index (κ3) is 7.45. The van der Waals surface area contributed by atoms with Crippen molar-refractivity contribution < 1.29 is 17.7 Å². The van der Waals surface area contributed by atoms with Crippen molar-refractivity contribution in [2.45, 2.75) is 37.1 Å². The molecule has 1 aromatic heterocycles. The first-order valence-corrected chi connectivity index (χ1v) is 12.4. The smallest absolute Gasteiger partial charge is 0.242 e. The Morgan fingerprint density at radius 3 is 2.76 bits per heavy atom. The van der Waals surface area contributed by atoms with Crippen LogP contribution >= 0.6 is 35.0 Å². The van der Waals surface area contributed by atoms with E-state index in [0.29, 0.717) is 43.3 Å². The molecule has 1 atom stereocenters. The van der Waals surface area contributed by atoms with Crippen LogP contribution in [0.4, 0.5) is 0 Å². The highest BCUT2D eigenvalue weighted by molar-refractivity contribution is 7.98. The summed E-state index contributed by atoms with van der Waals surface area (Å²) in [6, 6.07) is 3.20. The fourth-order valence-electron chi connectivity index (χ4n) is 2.43. The van der Waals surface area contributed by atoms with Crippen molar-refractivity contribution in [1.82, 2.24) is 20.2 Å². The molecule has 0 aliphatic carbocycles. The summed E-state index contributed by atoms with van der Waals surface area (Å²) in [5.41, 5.74) is 0. The Kier molecular flexibility index (Phi) is 9.22. The van der Waals surface area contributed by atoms with Crippen LogP contribution in [0.25, 0.3) is 0 Å². The summed E-state index contributed by atoms with van der Waals surface area (Å²) in [7, 11) is -4.03. The van der Waals surface area contributed by atoms with Gasteiger partial charge in [-0.15, -0.1) is 0 Å². The van der Waals surface area contributed by atoms with Gasteiger partial charge in [0.2, 0.25) is 21.8 Å². The maximum Gasteiger partial charge on any atom is 0.242 e. The molecule has 2 N–H and O–H groups in total. The number of carbonyl (C=O) groups is 1. The second kappa shape index (κ2) is 11.2. The third-order valence-electron chi connectivity index (χ3n) is 3.84. The first-order chi connectivity index (χ1) is 13.7. The highest BCUT2D eigenvalue weighted by Crippen LogP contribution is 2.25. The zero-order valence-electron chi connectivity index (χ0n) is 15.9. The lowest BCUT2D eigenvalue weighted by molar-refractivity contribution is -0.122. The monoisotopic (exact) mass is 480 g/mol. The molecule has 2 rings (SSSR count). The lowest BCUT2D eigenvalue weighted by atomic mass is 10.2. The quantitative estimate of drug-likeness (QED) is 0.475. The molecule has 0 spiro atoms. The van der Waals surface area contributed by atoms with E-state index in [2.05, 4.69) is 20.2 Å². The van der Waals surface area contributed by atoms with Crippen molar-refractivity contribution in [3.63, 3.8) is 0 Å². The van der Waals surface area contributed by atoms with Crippen LogP contribution in [0.5, 0.6) is 0 Å². The van der Waals surface area contributed by atoms with Crippen LogP contribution < -0.4 is 10.0 Å². The summed E-state index contributed by atoms with van der Waals surface area (Å²) in [5, 5.41) is 6.71. The average molecular weight is 481 g/mol. The number of amides is 1. The minimum atomic E-state index is -4.03. The number of hydrogen-bond donors (Lipinski definition) is 2. The van der Waals surface area contributed by atoms with Gasteiger partial charge in [0.05, 0.1) is 5.02 Å². The van der Waals surface area contributed by atoms with Gasteiger partial charge in [-0.3, -0.25) is 4.79 Å². The third-order valence-corrected chi connectivity index (χ3v) is 6.68. The van der Waals surface area contributed by atoms with Gasteiger partial charge in [-0.25, -0.2) is 8.42 Å². The molecular weight excluding hydrogens is 459 g/mol. The van der Waals surface area contributed by atoms with E-state index in [4.69, 9.17) is 27.7 Å². The van der Waals surface area contributed by atoms with Crippen molar-refractivity contribution >= 4 is 50.9 Å². The molecule has 0 fully saturated rings. The maximum atomic E-state index is 12.7. The molecule has 0 saturated carbocycles. The molecule has 29 heavy (non-hydrogen) atoms. The van der Waals surface area contributed by atoms with Crippen molar-refractivity contribution in [3.05, 3.63) is 40.0 Å². The predicted octanol–water partition coefficient (Wildman–Crippen LogP) is 2.83. The highest BCUT2D eigenvalue weighted by Gasteiger charge is 2.27. The first-order valence-electron chi connectivity index (χ1n) is 8.76. The minimum absolute atomic E-state index is 0.0285. The van der Waals surface area contributed by atoms with Crippen LogP contribution in [0.1, 0.15) is 24.6 Å². The molecule has 12 heteroatoms. The van der Waals surface area contributed by atoms with Crippen molar-refractivity contribution in [2.24, 2.45) is 0 Å². The van der Waals surface area contributed by atoms with E-state index in [1.807, 2.05) is 6.26 Å². The normalized spacial score (nSPS) is 12.7. The molecule has 0 bridgehead atoms. The van der Waals surface area contributed by atoms with Gasteiger partial charge in [0.15, 0.2) is 5.82 Å². The number of sulfonamides is 1. The summed E-state index contributed by atoms with van der Waals surface area (Å²) < 4.78 is 32.9. The molecule has 1 aromatic carbocycles. The van der Waals surface area contributed by atoms with Gasteiger partial charge >= 0.3 is 0 Å². The molecule has 1 heterocycles. The molecule has 2 aromatic rings. The zero-order chi connectivity index (χ0) is 21.4. The summed E-state index contributed by atoms with van der Waals surface area (Å²) in [6.07, 6.45) is 3.30. The van der Waals surface area contributed by atoms with E-state index in [-0.39, 0.29) is 14.9 Å². The Morgan fingerprint density at radius 2 is 2.10 bits per heavy atom. The van der Waals surface area contributed by atoms with Gasteiger partial charge in [0.25, 0.3) is 0 Å². The second-order valence-electron chi connectivity index (χ2n) is 6.16. The number of thioether (sulfide) groups is 1. The molecular formula is C17H22Cl2N4O4S2. The van der Waals surface area contributed by atoms with Gasteiger partial charge < -0.3 is 9.84 Å². The summed E-state index contributed by atoms with van der Waals surface area (Å²) in [6.45, 7) is 2.07. The number of rotatable bonds is 11. The van der Waals surface area contributed by atoms with Crippen molar-refractivity contribution in [2.75, 3.05) is 18.6 Å². The van der Waals surface area contributed by atoms with E-state index in [9.17, 15) is 13.2 Å². The van der Waals surface area contributed by atoms with Crippen LogP contribution in [0.15, 0.2) is 27.6 Å². The Balaban J connectivity index is 1.99. The number of nitrogens with zero attached hydrogens (tertiary/aromatic N) is 2. The van der Waals surface area contributed by atoms with E-state index in [1.165, 1.54) is 30.0 Å². The van der Waals surface area contributed by atoms with Gasteiger partial charge in [0.1, 0.15) is 10.9 Å². The van der Waals surface area contributed by atoms with Crippen LogP contribution in [0, 0.1) is 6.92 Å². The Bertz CT molecular complexity index is 937. The number of hydrogen-bond acceptors (Lipinski definition) is 7. The van der Waals surface area contributed by atoms with Gasteiger partial charge in [-0.1, -0.05) is 28.4 Å². The summed E-state index contributed by atoms with van der Waals surface area (Å²) >= 11 is 13.4. The standard InChI is InChI=1S/C17H22Cl2N4O4S2/c1-11-21-16(27-22-11)4-3-8-20-17(24)14(7-9-28-2)23-29(25,26)15-10-12(18)5-6-13(15)19/h5-6,10,14,23H,3-4,7-9H2,1-2H3,(H,20,24). The number of carbonyl (C=O) groups excluding carboxylic acids is 1. The summed E-state index contributed by atoms with van der Waals surface area (Å²) in [4.78, 5) is 16.5. The van der Waals surface area contributed by atoms with Crippen molar-refractivity contribution in [1.29, 1.82) is 0 Å². The lowest BCUT2D eigenvalue weighted by Gasteiger charge is -2.18. The maximum absolute atomic E-state index is 12.7. The van der Waals surface area contributed by atoms with Gasteiger partial charge in [0, 0.05) is 18.0 Å². The Labute approximate surface area is 184 Å². The highest BCUT2D eigenvalue weighted by atomic mass is 35.5. The fraction of sp³-hybridized carbons (Fsp3) is 0.471. The molecule has 0 saturated heterocycles. The topological polar surface area (TPSA) is 114 Å². The second-order valence-corrected chi connectivity index (χ2v) is 9.67. The number of nitrogens with one attached hydrogen (secondary N) is 2. The average Bonchev–Trinajstić information content (AvgIpc) is 3.09. The largest absolute Gasteiger partial charge is 0.355 e. The number of aromatic nitrogens is 2. The molecule has 1 amide bonds. The first kappa shape index (κ1) is 23.9. The SMILES string of the molecule is CSCCC(NS(=O)(=O)c1cc(Cl)ccc1Cl)C(=O)NCCCc1nc(C)no1. The van der Waals surface area contributed by atoms with Crippen molar-refractivity contribution in [3.8, 4) is 0 Å². The molecule has 0 aliphatic heterocycles. The van der Waals surface area contributed by atoms with E-state index < -0.39 is 22.0 Å².